The minimum atomic E-state index is -0.283. The molecule has 6 nitrogen and oxygen atoms in total. The second-order valence-electron chi connectivity index (χ2n) is 3.99. The SMILES string of the molecule is COc1ccc(-n2nc(N)c(=O)cc2C)cc1OC. The maximum Gasteiger partial charge on any atom is 0.224 e. The van der Waals surface area contributed by atoms with Gasteiger partial charge in [-0.25, -0.2) is 4.68 Å². The van der Waals surface area contributed by atoms with E-state index in [9.17, 15) is 4.79 Å². The molecular weight excluding hydrogens is 246 g/mol. The van der Waals surface area contributed by atoms with Gasteiger partial charge in [-0.2, -0.15) is 0 Å². The molecule has 19 heavy (non-hydrogen) atoms. The van der Waals surface area contributed by atoms with Crippen LogP contribution in [0.15, 0.2) is 29.1 Å². The maximum atomic E-state index is 11.4. The second-order valence-corrected chi connectivity index (χ2v) is 3.99. The lowest BCUT2D eigenvalue weighted by atomic mass is 10.2. The van der Waals surface area contributed by atoms with E-state index in [2.05, 4.69) is 5.10 Å². The minimum absolute atomic E-state index is 0.0413. The van der Waals surface area contributed by atoms with Gasteiger partial charge in [0.15, 0.2) is 17.3 Å². The van der Waals surface area contributed by atoms with Gasteiger partial charge in [0.05, 0.1) is 19.9 Å². The zero-order chi connectivity index (χ0) is 14.0. The van der Waals surface area contributed by atoms with Crippen molar-refractivity contribution in [1.29, 1.82) is 0 Å². The van der Waals surface area contributed by atoms with Gasteiger partial charge in [0.1, 0.15) is 0 Å². The Bertz CT molecular complexity index is 665. The molecule has 2 rings (SSSR count). The van der Waals surface area contributed by atoms with Crippen LogP contribution < -0.4 is 20.6 Å². The Balaban J connectivity index is 2.59. The Morgan fingerprint density at radius 2 is 1.84 bits per heavy atom. The average molecular weight is 261 g/mol. The molecule has 100 valence electrons. The fourth-order valence-electron chi connectivity index (χ4n) is 1.78. The molecule has 0 aliphatic carbocycles. The molecule has 0 aliphatic rings. The molecule has 0 spiro atoms. The van der Waals surface area contributed by atoms with Crippen LogP contribution in [0, 0.1) is 6.92 Å². The predicted molar refractivity (Wildman–Crippen MR) is 72.1 cm³/mol. The molecule has 0 atom stereocenters. The first-order valence-corrected chi connectivity index (χ1v) is 5.65. The summed E-state index contributed by atoms with van der Waals surface area (Å²) in [6, 6.07) is 6.79. The van der Waals surface area contributed by atoms with Gasteiger partial charge >= 0.3 is 0 Å². The summed E-state index contributed by atoms with van der Waals surface area (Å²) in [5.41, 5.74) is 6.69. The Labute approximate surface area is 110 Å². The molecule has 2 aromatic rings. The van der Waals surface area contributed by atoms with E-state index in [1.165, 1.54) is 6.07 Å². The van der Waals surface area contributed by atoms with Crippen molar-refractivity contribution in [3.8, 4) is 17.2 Å². The first-order valence-electron chi connectivity index (χ1n) is 5.65. The topological polar surface area (TPSA) is 79.4 Å². The molecule has 0 amide bonds. The Hall–Kier alpha value is -2.50. The van der Waals surface area contributed by atoms with E-state index in [1.54, 1.807) is 38.0 Å². The van der Waals surface area contributed by atoms with Crippen LogP contribution >= 0.6 is 0 Å². The normalized spacial score (nSPS) is 10.3. The third-order valence-corrected chi connectivity index (χ3v) is 2.75. The third-order valence-electron chi connectivity index (χ3n) is 2.75. The van der Waals surface area contributed by atoms with E-state index in [0.717, 1.165) is 5.69 Å². The van der Waals surface area contributed by atoms with Gasteiger partial charge in [-0.05, 0) is 19.1 Å². The highest BCUT2D eigenvalue weighted by atomic mass is 16.5. The number of nitrogens with two attached hydrogens (primary N) is 1. The maximum absolute atomic E-state index is 11.4. The van der Waals surface area contributed by atoms with Crippen LogP contribution in [0.25, 0.3) is 5.69 Å². The monoisotopic (exact) mass is 261 g/mol. The Morgan fingerprint density at radius 3 is 2.47 bits per heavy atom. The number of hydrogen-bond acceptors (Lipinski definition) is 5. The summed E-state index contributed by atoms with van der Waals surface area (Å²) < 4.78 is 12.0. The zero-order valence-electron chi connectivity index (χ0n) is 11.0. The van der Waals surface area contributed by atoms with E-state index in [1.807, 2.05) is 6.07 Å². The smallest absolute Gasteiger partial charge is 0.224 e. The van der Waals surface area contributed by atoms with Gasteiger partial charge in [0, 0.05) is 17.8 Å². The molecule has 0 bridgehead atoms. The molecule has 0 saturated heterocycles. The highest BCUT2D eigenvalue weighted by molar-refractivity contribution is 5.49. The number of nitrogens with zero attached hydrogens (tertiary/aromatic N) is 2. The van der Waals surface area contributed by atoms with Gasteiger partial charge in [-0.15, -0.1) is 5.10 Å². The average Bonchev–Trinajstić information content (AvgIpc) is 2.42. The molecule has 1 heterocycles. The largest absolute Gasteiger partial charge is 0.493 e. The first-order chi connectivity index (χ1) is 9.06. The molecule has 1 aromatic carbocycles. The third kappa shape index (κ3) is 2.37. The van der Waals surface area contributed by atoms with Crippen molar-refractivity contribution in [2.45, 2.75) is 6.92 Å². The summed E-state index contributed by atoms with van der Waals surface area (Å²) in [6.45, 7) is 1.78. The Kier molecular flexibility index (Phi) is 3.41. The number of anilines is 1. The van der Waals surface area contributed by atoms with Gasteiger partial charge < -0.3 is 15.2 Å². The molecule has 0 saturated carbocycles. The summed E-state index contributed by atoms with van der Waals surface area (Å²) in [4.78, 5) is 11.4. The van der Waals surface area contributed by atoms with Crippen LogP contribution in [-0.2, 0) is 0 Å². The van der Waals surface area contributed by atoms with Gasteiger partial charge in [-0.3, -0.25) is 4.79 Å². The number of rotatable bonds is 3. The predicted octanol–water partition coefficient (Wildman–Crippen LogP) is 1.14. The van der Waals surface area contributed by atoms with E-state index >= 15 is 0 Å². The summed E-state index contributed by atoms with van der Waals surface area (Å²) in [7, 11) is 3.13. The number of hydrogen-bond donors (Lipinski definition) is 1. The lowest BCUT2D eigenvalue weighted by Crippen LogP contribution is -2.17. The number of nitrogen functional groups attached to an aromatic ring is 1. The van der Waals surface area contributed by atoms with Crippen LogP contribution in [0.3, 0.4) is 0 Å². The fourth-order valence-corrected chi connectivity index (χ4v) is 1.78. The number of ether oxygens (including phenoxy) is 2. The van der Waals surface area contributed by atoms with Crippen LogP contribution in [0.1, 0.15) is 5.69 Å². The molecule has 0 fully saturated rings. The number of aromatic nitrogens is 2. The van der Waals surface area contributed by atoms with E-state index in [0.29, 0.717) is 17.2 Å². The van der Waals surface area contributed by atoms with E-state index in [4.69, 9.17) is 15.2 Å². The summed E-state index contributed by atoms with van der Waals surface area (Å²) in [5, 5.41) is 4.06. The molecule has 0 aliphatic heterocycles. The van der Waals surface area contributed by atoms with Crippen molar-refractivity contribution in [2.75, 3.05) is 20.0 Å². The van der Waals surface area contributed by atoms with Crippen molar-refractivity contribution in [2.24, 2.45) is 0 Å². The van der Waals surface area contributed by atoms with Crippen LogP contribution in [0.4, 0.5) is 5.82 Å². The second kappa shape index (κ2) is 5.01. The van der Waals surface area contributed by atoms with Gasteiger partial charge in [0.2, 0.25) is 5.43 Å². The molecule has 0 unspecified atom stereocenters. The van der Waals surface area contributed by atoms with Crippen LogP contribution in [0.5, 0.6) is 11.5 Å². The lowest BCUT2D eigenvalue weighted by molar-refractivity contribution is 0.354. The van der Waals surface area contributed by atoms with Crippen LogP contribution in [-0.4, -0.2) is 24.0 Å². The lowest BCUT2D eigenvalue weighted by Gasteiger charge is -2.13. The number of aryl methyl sites for hydroxylation is 1. The highest BCUT2D eigenvalue weighted by Crippen LogP contribution is 2.29. The number of methoxy groups -OCH3 is 2. The van der Waals surface area contributed by atoms with Crippen molar-refractivity contribution < 1.29 is 9.47 Å². The molecule has 6 heteroatoms. The van der Waals surface area contributed by atoms with E-state index in [-0.39, 0.29) is 11.2 Å². The fraction of sp³-hybridized carbons (Fsp3) is 0.231. The molecule has 2 N–H and O–H groups in total. The van der Waals surface area contributed by atoms with E-state index < -0.39 is 0 Å². The summed E-state index contributed by atoms with van der Waals surface area (Å²) in [5.74, 6) is 1.16. The van der Waals surface area contributed by atoms with Crippen molar-refractivity contribution in [3.05, 3.63) is 40.2 Å². The first kappa shape index (κ1) is 12.9. The van der Waals surface area contributed by atoms with Gasteiger partial charge in [-0.1, -0.05) is 0 Å². The standard InChI is InChI=1S/C13H15N3O3/c1-8-6-10(17)13(14)15-16(8)9-4-5-11(18-2)12(7-9)19-3/h4-7H,1-3H3,(H2,14,15). The number of benzene rings is 1. The zero-order valence-corrected chi connectivity index (χ0v) is 11.0. The summed E-state index contributed by atoms with van der Waals surface area (Å²) in [6.07, 6.45) is 0. The summed E-state index contributed by atoms with van der Waals surface area (Å²) >= 11 is 0. The van der Waals surface area contributed by atoms with Crippen LogP contribution in [0.2, 0.25) is 0 Å². The minimum Gasteiger partial charge on any atom is -0.493 e. The quantitative estimate of drug-likeness (QED) is 0.896. The van der Waals surface area contributed by atoms with Crippen molar-refractivity contribution >= 4 is 5.82 Å². The van der Waals surface area contributed by atoms with Gasteiger partial charge in [0.25, 0.3) is 0 Å². The molecule has 1 aromatic heterocycles. The Morgan fingerprint density at radius 1 is 1.16 bits per heavy atom. The van der Waals surface area contributed by atoms with Crippen molar-refractivity contribution in [3.63, 3.8) is 0 Å². The molecule has 0 radical (unpaired) electrons. The highest BCUT2D eigenvalue weighted by Gasteiger charge is 2.09. The molecular formula is C13H15N3O3. The van der Waals surface area contributed by atoms with Crippen molar-refractivity contribution in [1.82, 2.24) is 9.78 Å².